The number of hydrogen-bond acceptors (Lipinski definition) is 3. The molecule has 16 heavy (non-hydrogen) atoms. The van der Waals surface area contributed by atoms with Crippen LogP contribution in [0.1, 0.15) is 16.8 Å². The lowest BCUT2D eigenvalue weighted by Crippen LogP contribution is -2.31. The van der Waals surface area contributed by atoms with Crippen molar-refractivity contribution in [1.29, 1.82) is 0 Å². The van der Waals surface area contributed by atoms with Crippen LogP contribution in [0.25, 0.3) is 0 Å². The molecule has 0 amide bonds. The molecule has 1 aromatic carbocycles. The summed E-state index contributed by atoms with van der Waals surface area (Å²) in [7, 11) is 1.61. The highest BCUT2D eigenvalue weighted by molar-refractivity contribution is 6.00. The van der Waals surface area contributed by atoms with E-state index in [1.165, 1.54) is 12.1 Å². The number of carbonyl (C=O) groups excluding carboxylic acids is 1. The maximum absolute atomic E-state index is 13.4. The van der Waals surface area contributed by atoms with Crippen LogP contribution in [0.5, 0.6) is 0 Å². The fraction of sp³-hybridized carbons (Fsp3) is 0.417. The Bertz CT molecular complexity index is 394. The van der Waals surface area contributed by atoms with E-state index in [4.69, 9.17) is 4.74 Å². The van der Waals surface area contributed by atoms with Crippen molar-refractivity contribution in [3.8, 4) is 0 Å². The van der Waals surface area contributed by atoms with Gasteiger partial charge in [0.15, 0.2) is 5.78 Å². The molecule has 0 saturated carbocycles. The third-order valence-electron chi connectivity index (χ3n) is 2.88. The summed E-state index contributed by atoms with van der Waals surface area (Å²) >= 11 is 0. The van der Waals surface area contributed by atoms with Crippen molar-refractivity contribution in [2.75, 3.05) is 13.7 Å². The zero-order valence-electron chi connectivity index (χ0n) is 9.07. The minimum absolute atomic E-state index is 0.0423. The van der Waals surface area contributed by atoms with Gasteiger partial charge in [-0.05, 0) is 18.6 Å². The summed E-state index contributed by atoms with van der Waals surface area (Å²) in [5, 5.41) is 3.04. The third kappa shape index (κ3) is 2.13. The second kappa shape index (κ2) is 4.72. The highest BCUT2D eigenvalue weighted by Crippen LogP contribution is 2.16. The van der Waals surface area contributed by atoms with Crippen LogP contribution in [-0.4, -0.2) is 31.6 Å². The van der Waals surface area contributed by atoms with Gasteiger partial charge in [0, 0.05) is 13.7 Å². The van der Waals surface area contributed by atoms with Gasteiger partial charge in [0.05, 0.1) is 17.7 Å². The number of ketones is 1. The minimum atomic E-state index is -0.463. The molecule has 86 valence electrons. The number of nitrogens with one attached hydrogen (secondary N) is 1. The second-order valence-corrected chi connectivity index (χ2v) is 3.90. The first kappa shape index (κ1) is 11.2. The van der Waals surface area contributed by atoms with Crippen LogP contribution in [0.3, 0.4) is 0 Å². The number of ether oxygens (including phenoxy) is 1. The van der Waals surface area contributed by atoms with Crippen LogP contribution in [0.2, 0.25) is 0 Å². The number of benzene rings is 1. The van der Waals surface area contributed by atoms with Gasteiger partial charge in [0.2, 0.25) is 0 Å². The lowest BCUT2D eigenvalue weighted by molar-refractivity contribution is 0.0915. The first-order valence-electron chi connectivity index (χ1n) is 5.27. The molecule has 1 saturated heterocycles. The van der Waals surface area contributed by atoms with Gasteiger partial charge >= 0.3 is 0 Å². The molecule has 1 N–H and O–H groups in total. The summed E-state index contributed by atoms with van der Waals surface area (Å²) in [5.41, 5.74) is 0.150. The van der Waals surface area contributed by atoms with Gasteiger partial charge in [0.25, 0.3) is 0 Å². The molecule has 4 heteroatoms. The summed E-state index contributed by atoms with van der Waals surface area (Å²) in [6.07, 6.45) is 0.643. The Morgan fingerprint density at radius 2 is 2.25 bits per heavy atom. The van der Waals surface area contributed by atoms with Crippen LogP contribution in [0.15, 0.2) is 24.3 Å². The Hall–Kier alpha value is -1.26. The lowest BCUT2D eigenvalue weighted by atomic mass is 10.0. The van der Waals surface area contributed by atoms with Crippen molar-refractivity contribution in [3.05, 3.63) is 35.6 Å². The van der Waals surface area contributed by atoms with Crippen LogP contribution in [0.4, 0.5) is 4.39 Å². The summed E-state index contributed by atoms with van der Waals surface area (Å²) in [5.74, 6) is -0.659. The minimum Gasteiger partial charge on any atom is -0.380 e. The van der Waals surface area contributed by atoms with Crippen molar-refractivity contribution in [1.82, 2.24) is 5.32 Å². The van der Waals surface area contributed by atoms with Gasteiger partial charge in [-0.25, -0.2) is 4.39 Å². The van der Waals surface area contributed by atoms with Crippen LogP contribution in [0, 0.1) is 5.82 Å². The van der Waals surface area contributed by atoms with E-state index in [0.29, 0.717) is 13.0 Å². The van der Waals surface area contributed by atoms with Gasteiger partial charge in [-0.3, -0.25) is 4.79 Å². The lowest BCUT2D eigenvalue weighted by Gasteiger charge is -2.09. The first-order chi connectivity index (χ1) is 7.72. The van der Waals surface area contributed by atoms with E-state index in [0.717, 1.165) is 0 Å². The van der Waals surface area contributed by atoms with Crippen molar-refractivity contribution in [2.24, 2.45) is 0 Å². The Balaban J connectivity index is 2.12. The molecular formula is C12H14FNO2. The van der Waals surface area contributed by atoms with Crippen LogP contribution in [-0.2, 0) is 4.74 Å². The third-order valence-corrected chi connectivity index (χ3v) is 2.88. The fourth-order valence-electron chi connectivity index (χ4n) is 1.93. The molecule has 1 aliphatic heterocycles. The van der Waals surface area contributed by atoms with E-state index >= 15 is 0 Å². The molecule has 0 spiro atoms. The highest BCUT2D eigenvalue weighted by atomic mass is 19.1. The normalized spacial score (nSPS) is 24.6. The average molecular weight is 223 g/mol. The Kier molecular flexibility index (Phi) is 3.31. The fourth-order valence-corrected chi connectivity index (χ4v) is 1.93. The monoisotopic (exact) mass is 223 g/mol. The first-order valence-corrected chi connectivity index (χ1v) is 5.27. The molecule has 0 bridgehead atoms. The van der Waals surface area contributed by atoms with E-state index in [1.54, 1.807) is 19.2 Å². The van der Waals surface area contributed by atoms with Crippen LogP contribution >= 0.6 is 0 Å². The van der Waals surface area contributed by atoms with Gasteiger partial charge in [-0.2, -0.15) is 0 Å². The van der Waals surface area contributed by atoms with Gasteiger partial charge in [0.1, 0.15) is 5.82 Å². The molecule has 1 aliphatic rings. The molecule has 3 nitrogen and oxygen atoms in total. The summed E-state index contributed by atoms with van der Waals surface area (Å²) < 4.78 is 18.5. The zero-order valence-corrected chi connectivity index (χ0v) is 9.07. The van der Waals surface area contributed by atoms with E-state index in [-0.39, 0.29) is 23.5 Å². The van der Waals surface area contributed by atoms with Crippen LogP contribution < -0.4 is 5.32 Å². The number of carbonyl (C=O) groups is 1. The zero-order chi connectivity index (χ0) is 11.5. The smallest absolute Gasteiger partial charge is 0.182 e. The topological polar surface area (TPSA) is 38.3 Å². The Labute approximate surface area is 93.6 Å². The quantitative estimate of drug-likeness (QED) is 0.787. The second-order valence-electron chi connectivity index (χ2n) is 3.90. The standard InChI is InChI=1S/C12H14FNO2/c1-16-8-6-11(14-7-8)12(15)9-4-2-3-5-10(9)13/h2-5,8,11,14H,6-7H2,1H3. The largest absolute Gasteiger partial charge is 0.380 e. The van der Waals surface area contributed by atoms with Crippen molar-refractivity contribution >= 4 is 5.78 Å². The average Bonchev–Trinajstić information content (AvgIpc) is 2.77. The van der Waals surface area contributed by atoms with E-state index in [2.05, 4.69) is 5.32 Å². The van der Waals surface area contributed by atoms with Crippen molar-refractivity contribution in [3.63, 3.8) is 0 Å². The van der Waals surface area contributed by atoms with E-state index in [1.807, 2.05) is 0 Å². The molecule has 2 atom stereocenters. The molecule has 2 unspecified atom stereocenters. The maximum atomic E-state index is 13.4. The molecule has 0 radical (unpaired) electrons. The van der Waals surface area contributed by atoms with Gasteiger partial charge in [-0.1, -0.05) is 12.1 Å². The molecule has 0 aliphatic carbocycles. The summed E-state index contributed by atoms with van der Waals surface area (Å²) in [6.45, 7) is 0.640. The molecule has 1 fully saturated rings. The SMILES string of the molecule is COC1CNC(C(=O)c2ccccc2F)C1. The molecular weight excluding hydrogens is 209 g/mol. The maximum Gasteiger partial charge on any atom is 0.182 e. The number of Topliss-reactive ketones (excluding diaryl/α,β-unsaturated/α-hetero) is 1. The molecule has 1 aromatic rings. The van der Waals surface area contributed by atoms with E-state index < -0.39 is 5.82 Å². The van der Waals surface area contributed by atoms with E-state index in [9.17, 15) is 9.18 Å². The van der Waals surface area contributed by atoms with Gasteiger partial charge < -0.3 is 10.1 Å². The number of halogens is 1. The Morgan fingerprint density at radius 3 is 2.88 bits per heavy atom. The summed E-state index contributed by atoms with van der Waals surface area (Å²) in [6, 6.07) is 5.72. The van der Waals surface area contributed by atoms with Crippen molar-refractivity contribution in [2.45, 2.75) is 18.6 Å². The summed E-state index contributed by atoms with van der Waals surface area (Å²) in [4.78, 5) is 12.0. The predicted molar refractivity (Wildman–Crippen MR) is 57.9 cm³/mol. The molecule has 2 rings (SSSR count). The number of rotatable bonds is 3. The number of hydrogen-bond donors (Lipinski definition) is 1. The molecule has 0 aromatic heterocycles. The number of methoxy groups -OCH3 is 1. The Morgan fingerprint density at radius 1 is 1.50 bits per heavy atom. The van der Waals surface area contributed by atoms with Gasteiger partial charge in [-0.15, -0.1) is 0 Å². The van der Waals surface area contributed by atoms with Crippen molar-refractivity contribution < 1.29 is 13.9 Å². The predicted octanol–water partition coefficient (Wildman–Crippen LogP) is 1.39. The molecule has 1 heterocycles. The highest BCUT2D eigenvalue weighted by Gasteiger charge is 2.30.